The van der Waals surface area contributed by atoms with Crippen LogP contribution in [0.25, 0.3) is 21.8 Å². The van der Waals surface area contributed by atoms with Crippen molar-refractivity contribution in [2.45, 2.75) is 6.54 Å². The fourth-order valence-corrected chi connectivity index (χ4v) is 3.32. The molecule has 18 heavy (non-hydrogen) atoms. The molecule has 1 nitrogen and oxygen atoms in total. The van der Waals surface area contributed by atoms with Gasteiger partial charge in [0, 0.05) is 24.5 Å². The van der Waals surface area contributed by atoms with E-state index in [1.165, 1.54) is 28.9 Å². The van der Waals surface area contributed by atoms with Crippen molar-refractivity contribution in [2.24, 2.45) is 0 Å². The van der Waals surface area contributed by atoms with E-state index in [0.29, 0.717) is 0 Å². The van der Waals surface area contributed by atoms with Gasteiger partial charge in [-0.25, -0.2) is 0 Å². The minimum Gasteiger partial charge on any atom is -0.337 e. The van der Waals surface area contributed by atoms with Gasteiger partial charge in [-0.3, -0.25) is 0 Å². The monoisotopic (exact) mass is 459 g/mol. The number of nitrogens with zero attached hydrogens (tertiary/aromatic N) is 1. The predicted molar refractivity (Wildman–Crippen MR) is 95.1 cm³/mol. The maximum Gasteiger partial charge on any atom is 0.0504 e. The molecule has 0 saturated heterocycles. The zero-order chi connectivity index (χ0) is 12.7. The van der Waals surface area contributed by atoms with Gasteiger partial charge in [-0.05, 0) is 69.4 Å². The molecule has 0 amide bonds. The lowest BCUT2D eigenvalue weighted by atomic mass is 10.2. The lowest BCUT2D eigenvalue weighted by Crippen LogP contribution is -1.94. The summed E-state index contributed by atoms with van der Waals surface area (Å²) in [5.41, 5.74) is 2.58. The summed E-state index contributed by atoms with van der Waals surface area (Å²) in [5, 5.41) is 2.65. The number of rotatable bonds is 2. The highest BCUT2D eigenvalue weighted by molar-refractivity contribution is 14.1. The molecule has 3 heteroatoms. The van der Waals surface area contributed by atoms with Gasteiger partial charge < -0.3 is 4.57 Å². The molecule has 0 aliphatic rings. The van der Waals surface area contributed by atoms with Crippen LogP contribution in [-0.4, -0.2) is 4.57 Å². The van der Waals surface area contributed by atoms with Gasteiger partial charge in [0.15, 0.2) is 0 Å². The Morgan fingerprint density at radius 3 is 1.89 bits per heavy atom. The molecule has 0 aliphatic heterocycles. The molecule has 1 aromatic heterocycles. The maximum atomic E-state index is 3.87. The van der Waals surface area contributed by atoms with E-state index >= 15 is 0 Å². The quantitative estimate of drug-likeness (QED) is 0.368. The Kier molecular flexibility index (Phi) is 3.36. The van der Waals surface area contributed by atoms with Crippen LogP contribution in [0.4, 0.5) is 0 Å². The topological polar surface area (TPSA) is 4.93 Å². The Labute approximate surface area is 133 Å². The number of allylic oxidation sites excluding steroid dienone is 1. The summed E-state index contributed by atoms with van der Waals surface area (Å²) in [4.78, 5) is 0. The first-order chi connectivity index (χ1) is 8.70. The zero-order valence-electron chi connectivity index (χ0n) is 9.66. The standard InChI is InChI=1S/C15H11I2N/c1-2-7-18-14-8-10(16)3-5-12(14)13-6-4-11(17)9-15(13)18/h2-6,8-9H,1,7H2. The minimum absolute atomic E-state index is 0.847. The molecule has 0 aliphatic carbocycles. The van der Waals surface area contributed by atoms with Crippen molar-refractivity contribution < 1.29 is 0 Å². The largest absolute Gasteiger partial charge is 0.337 e. The molecule has 0 fully saturated rings. The molecule has 1 heterocycles. The van der Waals surface area contributed by atoms with Crippen molar-refractivity contribution >= 4 is 67.0 Å². The van der Waals surface area contributed by atoms with Gasteiger partial charge >= 0.3 is 0 Å². The number of fused-ring (bicyclic) bond motifs is 3. The molecule has 0 radical (unpaired) electrons. The lowest BCUT2D eigenvalue weighted by molar-refractivity contribution is 0.900. The molecule has 2 aromatic carbocycles. The Hall–Kier alpha value is -0.560. The molecule has 3 aromatic rings. The van der Waals surface area contributed by atoms with Crippen LogP contribution in [0.15, 0.2) is 49.1 Å². The SMILES string of the molecule is C=CCn1c2cc(I)ccc2c2ccc(I)cc21. The Morgan fingerprint density at radius 1 is 0.944 bits per heavy atom. The highest BCUT2D eigenvalue weighted by atomic mass is 127. The molecular formula is C15H11I2N. The fourth-order valence-electron chi connectivity index (χ4n) is 2.37. The summed E-state index contributed by atoms with van der Waals surface area (Å²) < 4.78 is 4.87. The van der Waals surface area contributed by atoms with E-state index in [1.54, 1.807) is 0 Å². The first-order valence-corrected chi connectivity index (χ1v) is 7.84. The van der Waals surface area contributed by atoms with Gasteiger partial charge in [0.2, 0.25) is 0 Å². The van der Waals surface area contributed by atoms with Crippen LogP contribution in [-0.2, 0) is 6.54 Å². The van der Waals surface area contributed by atoms with E-state index in [-0.39, 0.29) is 0 Å². The Morgan fingerprint density at radius 2 is 1.44 bits per heavy atom. The van der Waals surface area contributed by atoms with Gasteiger partial charge in [0.25, 0.3) is 0 Å². The third-order valence-electron chi connectivity index (χ3n) is 3.10. The number of aromatic nitrogens is 1. The van der Waals surface area contributed by atoms with E-state index in [2.05, 4.69) is 92.7 Å². The van der Waals surface area contributed by atoms with Crippen molar-refractivity contribution in [1.29, 1.82) is 0 Å². The Bertz CT molecular complexity index is 697. The summed E-state index contributed by atoms with van der Waals surface area (Å²) in [6.07, 6.45) is 1.96. The summed E-state index contributed by atoms with van der Waals surface area (Å²) in [5.74, 6) is 0. The first kappa shape index (κ1) is 12.5. The van der Waals surface area contributed by atoms with E-state index in [9.17, 15) is 0 Å². The second-order valence-electron chi connectivity index (χ2n) is 4.22. The van der Waals surface area contributed by atoms with Crippen LogP contribution in [0.3, 0.4) is 0 Å². The average Bonchev–Trinajstić information content (AvgIpc) is 2.63. The summed E-state index contributed by atoms with van der Waals surface area (Å²) in [6, 6.07) is 13.2. The van der Waals surface area contributed by atoms with Crippen LogP contribution in [0.1, 0.15) is 0 Å². The van der Waals surface area contributed by atoms with Gasteiger partial charge in [0.1, 0.15) is 0 Å². The maximum absolute atomic E-state index is 3.87. The second-order valence-corrected chi connectivity index (χ2v) is 6.71. The van der Waals surface area contributed by atoms with Crippen LogP contribution in [0.2, 0.25) is 0 Å². The third kappa shape index (κ3) is 1.97. The molecule has 0 atom stereocenters. The van der Waals surface area contributed by atoms with Gasteiger partial charge in [-0.2, -0.15) is 0 Å². The molecular weight excluding hydrogens is 448 g/mol. The summed E-state index contributed by atoms with van der Waals surface area (Å²) >= 11 is 4.73. The normalized spacial score (nSPS) is 11.2. The molecule has 3 rings (SSSR count). The zero-order valence-corrected chi connectivity index (χ0v) is 14.0. The van der Waals surface area contributed by atoms with E-state index in [1.807, 2.05) is 6.08 Å². The number of hydrogen-bond acceptors (Lipinski definition) is 0. The number of benzene rings is 2. The van der Waals surface area contributed by atoms with Crippen molar-refractivity contribution in [1.82, 2.24) is 4.57 Å². The van der Waals surface area contributed by atoms with E-state index in [4.69, 9.17) is 0 Å². The second kappa shape index (κ2) is 4.85. The molecule has 0 bridgehead atoms. The van der Waals surface area contributed by atoms with Crippen molar-refractivity contribution in [2.75, 3.05) is 0 Å². The van der Waals surface area contributed by atoms with Crippen molar-refractivity contribution in [3.63, 3.8) is 0 Å². The minimum atomic E-state index is 0.847. The molecule has 0 spiro atoms. The Balaban J connectivity index is 2.51. The van der Waals surface area contributed by atoms with Crippen LogP contribution in [0, 0.1) is 7.14 Å². The molecule has 0 N–H and O–H groups in total. The first-order valence-electron chi connectivity index (χ1n) is 5.68. The highest BCUT2D eigenvalue weighted by Gasteiger charge is 2.10. The lowest BCUT2D eigenvalue weighted by Gasteiger charge is -2.03. The molecule has 0 unspecified atom stereocenters. The number of hydrogen-bond donors (Lipinski definition) is 0. The van der Waals surface area contributed by atoms with Gasteiger partial charge in [-0.1, -0.05) is 18.2 Å². The molecule has 0 saturated carbocycles. The predicted octanol–water partition coefficient (Wildman–Crippen LogP) is 5.19. The van der Waals surface area contributed by atoms with Crippen molar-refractivity contribution in [3.05, 3.63) is 56.2 Å². The highest BCUT2D eigenvalue weighted by Crippen LogP contribution is 2.31. The summed E-state index contributed by atoms with van der Waals surface area (Å²) in [7, 11) is 0. The van der Waals surface area contributed by atoms with Crippen LogP contribution < -0.4 is 0 Å². The van der Waals surface area contributed by atoms with Crippen LogP contribution in [0.5, 0.6) is 0 Å². The number of halogens is 2. The molecule has 90 valence electrons. The fraction of sp³-hybridized carbons (Fsp3) is 0.0667. The summed E-state index contributed by atoms with van der Waals surface area (Å²) in [6.45, 7) is 4.72. The smallest absolute Gasteiger partial charge is 0.0504 e. The van der Waals surface area contributed by atoms with Gasteiger partial charge in [0.05, 0.1) is 11.0 Å². The van der Waals surface area contributed by atoms with Crippen LogP contribution >= 0.6 is 45.2 Å². The van der Waals surface area contributed by atoms with Gasteiger partial charge in [-0.15, -0.1) is 6.58 Å². The average molecular weight is 459 g/mol. The van der Waals surface area contributed by atoms with E-state index in [0.717, 1.165) is 6.54 Å². The van der Waals surface area contributed by atoms with E-state index < -0.39 is 0 Å². The third-order valence-corrected chi connectivity index (χ3v) is 4.44. The van der Waals surface area contributed by atoms with Crippen molar-refractivity contribution in [3.8, 4) is 0 Å².